The minimum absolute atomic E-state index is 0.0627. The number of carbonyl (C=O) groups is 11. The van der Waals surface area contributed by atoms with Crippen LogP contribution in [0.5, 0.6) is 5.75 Å². The molecular weight excluding hydrogens is 877 g/mol. The number of phenols is 1. The monoisotopic (exact) mass is 936 g/mol. The van der Waals surface area contributed by atoms with E-state index in [-0.39, 0.29) is 23.7 Å². The van der Waals surface area contributed by atoms with E-state index in [1.165, 1.54) is 24.3 Å². The summed E-state index contributed by atoms with van der Waals surface area (Å²) in [7, 11) is 1.16. The van der Waals surface area contributed by atoms with Crippen molar-refractivity contribution in [3.8, 4) is 5.75 Å². The highest BCUT2D eigenvalue weighted by Gasteiger charge is 2.36. The number of hydrogen-bond acceptors (Lipinski definition) is 14. The molecule has 1 aromatic carbocycles. The Labute approximate surface area is 377 Å². The van der Waals surface area contributed by atoms with Gasteiger partial charge in [0.2, 0.25) is 65.0 Å². The third-order valence-electron chi connectivity index (χ3n) is 10.1. The first-order valence-electron chi connectivity index (χ1n) is 20.6. The van der Waals surface area contributed by atoms with Crippen molar-refractivity contribution in [1.82, 2.24) is 42.1 Å². The summed E-state index contributed by atoms with van der Waals surface area (Å²) >= 11 is -1.87. The van der Waals surface area contributed by atoms with Crippen molar-refractivity contribution in [2.45, 2.75) is 95.0 Å². The van der Waals surface area contributed by atoms with E-state index in [2.05, 4.69) is 37.2 Å². The topological polar surface area (TPSA) is 423 Å². The van der Waals surface area contributed by atoms with E-state index in [9.17, 15) is 62.4 Å². The maximum Gasteiger partial charge on any atom is 0.245 e. The highest BCUT2D eigenvalue weighted by atomic mass is 32.2. The Kier molecular flexibility index (Phi) is 22.6. The van der Waals surface area contributed by atoms with Crippen molar-refractivity contribution in [1.29, 1.82) is 0 Å². The van der Waals surface area contributed by atoms with Crippen LogP contribution in [0.4, 0.5) is 0 Å². The minimum Gasteiger partial charge on any atom is -0.616 e. The molecule has 0 aromatic heterocycles. The first-order chi connectivity index (χ1) is 30.5. The Morgan fingerprint density at radius 1 is 0.846 bits per heavy atom. The van der Waals surface area contributed by atoms with Gasteiger partial charge in [0, 0.05) is 32.9 Å². The van der Waals surface area contributed by atoms with E-state index in [4.69, 9.17) is 22.9 Å². The number of nitrogens with two attached hydrogens (primary N) is 4. The summed E-state index contributed by atoms with van der Waals surface area (Å²) < 4.78 is 13.3. The molecular formula is C39H60N12O13S. The van der Waals surface area contributed by atoms with Crippen LogP contribution in [0.2, 0.25) is 0 Å². The summed E-state index contributed by atoms with van der Waals surface area (Å²) in [6.45, 7) is 1.66. The smallest absolute Gasteiger partial charge is 0.245 e. The first kappa shape index (κ1) is 54.6. The molecule has 1 aliphatic rings. The van der Waals surface area contributed by atoms with Crippen molar-refractivity contribution in [2.75, 3.05) is 38.2 Å². The van der Waals surface area contributed by atoms with Crippen molar-refractivity contribution >= 4 is 76.2 Å². The lowest BCUT2D eigenvalue weighted by Gasteiger charge is -2.29. The Morgan fingerprint density at radius 3 is 2.05 bits per heavy atom. The van der Waals surface area contributed by atoms with E-state index < -0.39 is 170 Å². The van der Waals surface area contributed by atoms with Crippen molar-refractivity contribution in [3.63, 3.8) is 0 Å². The first-order valence-corrected chi connectivity index (χ1v) is 22.0. The van der Waals surface area contributed by atoms with Crippen molar-refractivity contribution in [3.05, 3.63) is 29.8 Å². The number of hydrogen-bond donors (Lipinski definition) is 12. The van der Waals surface area contributed by atoms with Crippen LogP contribution in [-0.4, -0.2) is 154 Å². The molecule has 8 atom stereocenters. The lowest BCUT2D eigenvalue weighted by Crippen LogP contribution is -2.61. The number of nitrogens with zero attached hydrogens (tertiary/aromatic N) is 1. The van der Waals surface area contributed by atoms with Gasteiger partial charge in [-0.15, -0.1) is 0 Å². The van der Waals surface area contributed by atoms with E-state index in [0.717, 1.165) is 11.9 Å². The molecule has 11 amide bonds. The second-order valence-electron chi connectivity index (χ2n) is 15.3. The summed E-state index contributed by atoms with van der Waals surface area (Å²) in [6.07, 6.45) is -2.31. The zero-order valence-electron chi connectivity index (χ0n) is 36.3. The van der Waals surface area contributed by atoms with Gasteiger partial charge in [-0.2, -0.15) is 0 Å². The van der Waals surface area contributed by atoms with Gasteiger partial charge in [0.15, 0.2) is 0 Å². The third-order valence-corrected chi connectivity index (χ3v) is 11.4. The molecule has 1 unspecified atom stereocenters. The van der Waals surface area contributed by atoms with Crippen molar-refractivity contribution in [2.24, 2.45) is 28.9 Å². The number of amides is 11. The Balaban J connectivity index is 2.57. The van der Waals surface area contributed by atoms with Gasteiger partial charge in [0.1, 0.15) is 53.5 Å². The molecule has 16 N–H and O–H groups in total. The molecule has 0 bridgehead atoms. The molecule has 0 spiro atoms. The molecule has 0 radical (unpaired) electrons. The molecule has 360 valence electrons. The van der Waals surface area contributed by atoms with Gasteiger partial charge in [0.25, 0.3) is 0 Å². The normalized spacial score (nSPS) is 22.5. The van der Waals surface area contributed by atoms with Gasteiger partial charge in [-0.05, 0) is 30.0 Å². The number of primary amides is 3. The summed E-state index contributed by atoms with van der Waals surface area (Å²) in [5, 5.41) is 26.7. The number of rotatable bonds is 17. The number of aromatic hydroxyl groups is 1. The lowest BCUT2D eigenvalue weighted by molar-refractivity contribution is -0.140. The van der Waals surface area contributed by atoms with Gasteiger partial charge in [-0.25, -0.2) is 0 Å². The maximum atomic E-state index is 13.9. The number of carbonyl (C=O) groups excluding carboxylic acids is 11. The molecule has 26 heteroatoms. The molecule has 1 aromatic rings. The molecule has 0 saturated carbocycles. The second kappa shape index (κ2) is 26.9. The van der Waals surface area contributed by atoms with Crippen LogP contribution in [0.3, 0.4) is 0 Å². The average Bonchev–Trinajstić information content (AvgIpc) is 3.24. The highest BCUT2D eigenvalue weighted by molar-refractivity contribution is 7.91. The number of phenolic OH excluding ortho intramolecular Hbond substituents is 1. The predicted octanol–water partition coefficient (Wildman–Crippen LogP) is -6.41. The van der Waals surface area contributed by atoms with Gasteiger partial charge in [-0.3, -0.25) is 52.7 Å². The maximum absolute atomic E-state index is 13.9. The van der Waals surface area contributed by atoms with Gasteiger partial charge < -0.3 is 74.7 Å². The zero-order valence-corrected chi connectivity index (χ0v) is 37.2. The second-order valence-corrected chi connectivity index (χ2v) is 17.0. The molecule has 65 heavy (non-hydrogen) atoms. The molecule has 1 heterocycles. The molecule has 25 nitrogen and oxygen atoms in total. The van der Waals surface area contributed by atoms with Crippen LogP contribution in [0.1, 0.15) is 57.9 Å². The third kappa shape index (κ3) is 19.4. The van der Waals surface area contributed by atoms with Gasteiger partial charge >= 0.3 is 0 Å². The Morgan fingerprint density at radius 2 is 1.46 bits per heavy atom. The van der Waals surface area contributed by atoms with E-state index in [1.54, 1.807) is 13.8 Å². The highest BCUT2D eigenvalue weighted by Crippen LogP contribution is 2.15. The fourth-order valence-electron chi connectivity index (χ4n) is 6.21. The minimum atomic E-state index is -1.87. The van der Waals surface area contributed by atoms with Crippen LogP contribution in [0, 0.1) is 5.92 Å². The summed E-state index contributed by atoms with van der Waals surface area (Å²) in [4.78, 5) is 144. The van der Waals surface area contributed by atoms with E-state index >= 15 is 0 Å². The van der Waals surface area contributed by atoms with Crippen LogP contribution >= 0.6 is 0 Å². The standard InChI is InChI=1S/C39H60N12O13S/c1-4-20(2)33-38(62)47-23(9-10-28(41)53)35(59)49-26(16-29(42)54)36(60)48-24(39(63)51(3)19-32(57)46-27(17-40)34(58)44-18-30(43)55)11-13-65(64)14-12-31(56)45-25(37(61)50-33)15-21-5-7-22(52)8-6-21/h5-8,20,23-27,33,52H,4,9-19,40H2,1-3H3,(H2,41,53)(H2,42,54)(H2,43,55)(H,44,58)(H,45,56)(H,46,57)(H,47,62)(H,48,60)(H,49,59)(H,50,61)/t20-,23-,24-,25-,26-,27-,33-,65?/m0/s1. The SMILES string of the molecule is CC[C@H](C)[C@@H]1NC(=O)[C@H](Cc2ccc(O)cc2)NC(=O)CC[S+]([O-])CC[C@@H](C(=O)N(C)CC(=O)N[C@@H](CN)C(=O)NCC(N)=O)NC(=O)[C@H](CC(N)=O)NC(=O)[C@H](CCC(N)=O)NC1=O. The van der Waals surface area contributed by atoms with Crippen LogP contribution in [0.15, 0.2) is 24.3 Å². The zero-order chi connectivity index (χ0) is 49.0. The Hall–Kier alpha value is -6.54. The van der Waals surface area contributed by atoms with Crippen molar-refractivity contribution < 1.29 is 62.4 Å². The molecule has 2 rings (SSSR count). The summed E-state index contributed by atoms with van der Waals surface area (Å²) in [5.74, 6) is -11.5. The fraction of sp³-hybridized carbons (Fsp3) is 0.564. The van der Waals surface area contributed by atoms with E-state index in [1.807, 2.05) is 0 Å². The molecule has 1 saturated heterocycles. The lowest BCUT2D eigenvalue weighted by atomic mass is 9.96. The molecule has 1 fully saturated rings. The molecule has 0 aliphatic carbocycles. The fourth-order valence-corrected chi connectivity index (χ4v) is 7.33. The quantitative estimate of drug-likeness (QED) is 0.0647. The van der Waals surface area contributed by atoms with Gasteiger partial charge in [-0.1, -0.05) is 43.6 Å². The summed E-state index contributed by atoms with van der Waals surface area (Å²) in [5.41, 5.74) is 21.9. The van der Waals surface area contributed by atoms with Crippen LogP contribution in [-0.2, 0) is 70.3 Å². The Bertz CT molecular complexity index is 1910. The van der Waals surface area contributed by atoms with Crippen LogP contribution < -0.4 is 60.2 Å². The number of benzene rings is 1. The summed E-state index contributed by atoms with van der Waals surface area (Å²) in [6, 6.07) is -3.28. The number of nitrogens with one attached hydrogen (secondary N) is 7. The predicted molar refractivity (Wildman–Crippen MR) is 231 cm³/mol. The average molecular weight is 937 g/mol. The van der Waals surface area contributed by atoms with Crippen LogP contribution in [0.25, 0.3) is 0 Å². The van der Waals surface area contributed by atoms with Gasteiger partial charge in [0.05, 0.1) is 25.9 Å². The molecule has 1 aliphatic heterocycles. The van der Waals surface area contributed by atoms with E-state index in [0.29, 0.717) is 12.0 Å². The largest absolute Gasteiger partial charge is 0.616 e. The number of likely N-dealkylation sites (N-methyl/N-ethyl adjacent to an activating group) is 1.